The van der Waals surface area contributed by atoms with Crippen LogP contribution >= 0.6 is 0 Å². The molecule has 1 atom stereocenters. The van der Waals surface area contributed by atoms with Crippen LogP contribution in [0.25, 0.3) is 0 Å². The van der Waals surface area contributed by atoms with Gasteiger partial charge in [-0.25, -0.2) is 0 Å². The third-order valence-corrected chi connectivity index (χ3v) is 1.50. The van der Waals surface area contributed by atoms with Gasteiger partial charge < -0.3 is 10.1 Å². The van der Waals surface area contributed by atoms with Crippen LogP contribution in [0.2, 0.25) is 0 Å². The smallest absolute Gasteiger partial charge is 0.234 e. The molecule has 0 aromatic carbocycles. The van der Waals surface area contributed by atoms with Crippen molar-refractivity contribution in [2.45, 2.75) is 19.9 Å². The fourth-order valence-corrected chi connectivity index (χ4v) is 0.944. The summed E-state index contributed by atoms with van der Waals surface area (Å²) in [5.41, 5.74) is 0. The minimum Gasteiger partial charge on any atom is -0.383 e. The number of carbonyl (C=O) groups excluding carboxylic acids is 1. The summed E-state index contributed by atoms with van der Waals surface area (Å²) >= 11 is 0. The SMILES string of the molecule is CC#CCNCC(=O)NC(C)COC. The number of hydrogen-bond acceptors (Lipinski definition) is 3. The molecule has 0 aliphatic heterocycles. The average molecular weight is 198 g/mol. The highest BCUT2D eigenvalue weighted by molar-refractivity contribution is 5.78. The van der Waals surface area contributed by atoms with E-state index in [2.05, 4.69) is 22.5 Å². The van der Waals surface area contributed by atoms with Crippen molar-refractivity contribution < 1.29 is 9.53 Å². The molecule has 0 aliphatic carbocycles. The van der Waals surface area contributed by atoms with Gasteiger partial charge in [0.15, 0.2) is 0 Å². The number of amides is 1. The van der Waals surface area contributed by atoms with E-state index in [0.717, 1.165) is 0 Å². The zero-order valence-corrected chi connectivity index (χ0v) is 9.02. The van der Waals surface area contributed by atoms with E-state index >= 15 is 0 Å². The molecule has 0 radical (unpaired) electrons. The number of ether oxygens (including phenoxy) is 1. The second-order valence-corrected chi connectivity index (χ2v) is 2.95. The Balaban J connectivity index is 3.48. The maximum absolute atomic E-state index is 11.2. The van der Waals surface area contributed by atoms with Gasteiger partial charge in [0.05, 0.1) is 19.7 Å². The molecule has 0 aromatic heterocycles. The lowest BCUT2D eigenvalue weighted by Gasteiger charge is -2.12. The molecule has 0 fully saturated rings. The van der Waals surface area contributed by atoms with E-state index < -0.39 is 0 Å². The molecule has 0 saturated heterocycles. The van der Waals surface area contributed by atoms with E-state index in [1.807, 2.05) is 6.92 Å². The molecule has 0 bridgehead atoms. The van der Waals surface area contributed by atoms with Crippen molar-refractivity contribution in [3.63, 3.8) is 0 Å². The minimum atomic E-state index is -0.0348. The number of hydrogen-bond donors (Lipinski definition) is 2. The molecule has 14 heavy (non-hydrogen) atoms. The Hall–Kier alpha value is -1.05. The quantitative estimate of drug-likeness (QED) is 0.457. The minimum absolute atomic E-state index is 0.0348. The maximum Gasteiger partial charge on any atom is 0.234 e. The monoisotopic (exact) mass is 198 g/mol. The molecule has 0 aromatic rings. The van der Waals surface area contributed by atoms with E-state index in [4.69, 9.17) is 4.74 Å². The van der Waals surface area contributed by atoms with Gasteiger partial charge >= 0.3 is 0 Å². The molecule has 1 unspecified atom stereocenters. The molecular weight excluding hydrogens is 180 g/mol. The first-order valence-corrected chi connectivity index (χ1v) is 4.59. The highest BCUT2D eigenvalue weighted by Gasteiger charge is 2.05. The summed E-state index contributed by atoms with van der Waals surface area (Å²) in [6.45, 7) is 5.03. The van der Waals surface area contributed by atoms with Gasteiger partial charge in [-0.15, -0.1) is 5.92 Å². The molecule has 1 amide bonds. The van der Waals surface area contributed by atoms with Crippen LogP contribution in [0, 0.1) is 11.8 Å². The van der Waals surface area contributed by atoms with Gasteiger partial charge in [-0.2, -0.15) is 0 Å². The van der Waals surface area contributed by atoms with Crippen LogP contribution < -0.4 is 10.6 Å². The van der Waals surface area contributed by atoms with Gasteiger partial charge in [-0.1, -0.05) is 5.92 Å². The van der Waals surface area contributed by atoms with E-state index in [-0.39, 0.29) is 11.9 Å². The van der Waals surface area contributed by atoms with Crippen LogP contribution in [0.3, 0.4) is 0 Å². The normalized spacial score (nSPS) is 11.4. The number of methoxy groups -OCH3 is 1. The molecule has 0 spiro atoms. The molecule has 80 valence electrons. The van der Waals surface area contributed by atoms with Crippen molar-refractivity contribution in [2.75, 3.05) is 26.8 Å². The van der Waals surface area contributed by atoms with Crippen molar-refractivity contribution >= 4 is 5.91 Å². The topological polar surface area (TPSA) is 50.4 Å². The summed E-state index contributed by atoms with van der Waals surface area (Å²) in [4.78, 5) is 11.2. The first-order chi connectivity index (χ1) is 6.70. The van der Waals surface area contributed by atoms with Crippen LogP contribution in [0.15, 0.2) is 0 Å². The number of rotatable bonds is 6. The van der Waals surface area contributed by atoms with Gasteiger partial charge in [0.1, 0.15) is 0 Å². The van der Waals surface area contributed by atoms with Crippen molar-refractivity contribution in [1.29, 1.82) is 0 Å². The molecular formula is C10H18N2O2. The first-order valence-electron chi connectivity index (χ1n) is 4.59. The maximum atomic E-state index is 11.2. The second-order valence-electron chi connectivity index (χ2n) is 2.95. The molecule has 0 rings (SSSR count). The lowest BCUT2D eigenvalue weighted by atomic mass is 10.3. The summed E-state index contributed by atoms with van der Waals surface area (Å²) in [7, 11) is 1.61. The molecule has 0 heterocycles. The fourth-order valence-electron chi connectivity index (χ4n) is 0.944. The molecule has 0 aliphatic rings. The summed E-state index contributed by atoms with van der Waals surface area (Å²) < 4.78 is 4.89. The van der Waals surface area contributed by atoms with Gasteiger partial charge in [-0.3, -0.25) is 10.1 Å². The Kier molecular flexibility index (Phi) is 7.90. The lowest BCUT2D eigenvalue weighted by molar-refractivity contribution is -0.121. The molecule has 0 saturated carbocycles. The van der Waals surface area contributed by atoms with E-state index in [1.165, 1.54) is 0 Å². The van der Waals surface area contributed by atoms with Crippen LogP contribution in [0.4, 0.5) is 0 Å². The molecule has 4 heteroatoms. The van der Waals surface area contributed by atoms with Crippen LogP contribution in [0.5, 0.6) is 0 Å². The first kappa shape index (κ1) is 12.9. The van der Waals surface area contributed by atoms with E-state index in [9.17, 15) is 4.79 Å². The summed E-state index contributed by atoms with van der Waals surface area (Å²) in [5, 5.41) is 5.69. The van der Waals surface area contributed by atoms with Gasteiger partial charge in [0.2, 0.25) is 5.91 Å². The summed E-state index contributed by atoms with van der Waals surface area (Å²) in [5.74, 6) is 5.52. The highest BCUT2D eigenvalue weighted by Crippen LogP contribution is 1.81. The van der Waals surface area contributed by atoms with E-state index in [0.29, 0.717) is 19.7 Å². The van der Waals surface area contributed by atoms with Crippen molar-refractivity contribution in [1.82, 2.24) is 10.6 Å². The molecule has 2 N–H and O–H groups in total. The van der Waals surface area contributed by atoms with E-state index in [1.54, 1.807) is 14.0 Å². The number of nitrogens with one attached hydrogen (secondary N) is 2. The zero-order valence-electron chi connectivity index (χ0n) is 9.02. The van der Waals surface area contributed by atoms with Gasteiger partial charge in [-0.05, 0) is 13.8 Å². The second kappa shape index (κ2) is 8.54. The Bertz CT molecular complexity index is 218. The van der Waals surface area contributed by atoms with Gasteiger partial charge in [0.25, 0.3) is 0 Å². The summed E-state index contributed by atoms with van der Waals surface area (Å²) in [6.07, 6.45) is 0. The predicted molar refractivity (Wildman–Crippen MR) is 55.8 cm³/mol. The summed E-state index contributed by atoms with van der Waals surface area (Å²) in [6, 6.07) is 0.0477. The molecule has 4 nitrogen and oxygen atoms in total. The largest absolute Gasteiger partial charge is 0.383 e. The Morgan fingerprint density at radius 3 is 2.86 bits per heavy atom. The highest BCUT2D eigenvalue weighted by atomic mass is 16.5. The van der Waals surface area contributed by atoms with Crippen LogP contribution in [0.1, 0.15) is 13.8 Å². The van der Waals surface area contributed by atoms with Crippen LogP contribution in [-0.4, -0.2) is 38.8 Å². The third kappa shape index (κ3) is 7.59. The van der Waals surface area contributed by atoms with Crippen molar-refractivity contribution in [2.24, 2.45) is 0 Å². The lowest BCUT2D eigenvalue weighted by Crippen LogP contribution is -2.41. The Morgan fingerprint density at radius 1 is 1.57 bits per heavy atom. The Morgan fingerprint density at radius 2 is 2.29 bits per heavy atom. The van der Waals surface area contributed by atoms with Crippen molar-refractivity contribution in [3.05, 3.63) is 0 Å². The Labute approximate surface area is 85.4 Å². The fraction of sp³-hybridized carbons (Fsp3) is 0.700. The van der Waals surface area contributed by atoms with Gasteiger partial charge in [0, 0.05) is 13.2 Å². The third-order valence-electron chi connectivity index (χ3n) is 1.50. The predicted octanol–water partition coefficient (Wildman–Crippen LogP) is -0.250. The van der Waals surface area contributed by atoms with Crippen molar-refractivity contribution in [3.8, 4) is 11.8 Å². The standard InChI is InChI=1S/C10H18N2O2/c1-4-5-6-11-7-10(13)12-9(2)8-14-3/h9,11H,6-8H2,1-3H3,(H,12,13). The van der Waals surface area contributed by atoms with Crippen LogP contribution in [-0.2, 0) is 9.53 Å². The average Bonchev–Trinajstić information content (AvgIpc) is 2.13. The zero-order chi connectivity index (χ0) is 10.8. The number of carbonyl (C=O) groups is 1.